The molecule has 110 valence electrons. The molecule has 2 amide bonds. The number of urea groups is 1. The van der Waals surface area contributed by atoms with Gasteiger partial charge in [-0.05, 0) is 32.1 Å². The van der Waals surface area contributed by atoms with Crippen LogP contribution in [0.5, 0.6) is 0 Å². The third kappa shape index (κ3) is 4.35. The molecule has 0 aromatic rings. The Kier molecular flexibility index (Phi) is 4.67. The highest BCUT2D eigenvalue weighted by molar-refractivity contribution is 7.91. The Labute approximate surface area is 114 Å². The number of carbonyl (C=O) groups is 1. The van der Waals surface area contributed by atoms with E-state index >= 15 is 0 Å². The molecule has 2 fully saturated rings. The molecule has 2 saturated heterocycles. The molecule has 3 atom stereocenters. The van der Waals surface area contributed by atoms with Crippen LogP contribution >= 0.6 is 0 Å². The van der Waals surface area contributed by atoms with Gasteiger partial charge < -0.3 is 15.4 Å². The van der Waals surface area contributed by atoms with Crippen LogP contribution in [0.1, 0.15) is 26.2 Å². The van der Waals surface area contributed by atoms with Gasteiger partial charge in [0.2, 0.25) is 0 Å². The monoisotopic (exact) mass is 290 g/mol. The van der Waals surface area contributed by atoms with E-state index in [4.69, 9.17) is 4.74 Å². The summed E-state index contributed by atoms with van der Waals surface area (Å²) in [5, 5.41) is 5.59. The summed E-state index contributed by atoms with van der Waals surface area (Å²) in [7, 11) is -2.87. The van der Waals surface area contributed by atoms with Crippen molar-refractivity contribution in [2.45, 2.75) is 38.3 Å². The number of ether oxygens (including phenoxy) is 1. The molecule has 7 heteroatoms. The maximum Gasteiger partial charge on any atom is 0.315 e. The Hall–Kier alpha value is -0.820. The molecule has 0 radical (unpaired) electrons. The molecule has 2 heterocycles. The van der Waals surface area contributed by atoms with Crippen LogP contribution in [0.15, 0.2) is 0 Å². The van der Waals surface area contributed by atoms with Crippen LogP contribution < -0.4 is 10.6 Å². The average molecular weight is 290 g/mol. The summed E-state index contributed by atoms with van der Waals surface area (Å²) in [5.41, 5.74) is 0. The highest BCUT2D eigenvalue weighted by Crippen LogP contribution is 2.17. The van der Waals surface area contributed by atoms with Gasteiger partial charge in [-0.3, -0.25) is 0 Å². The number of sulfone groups is 1. The molecule has 2 rings (SSSR count). The lowest BCUT2D eigenvalue weighted by molar-refractivity contribution is 0.0860. The second kappa shape index (κ2) is 6.09. The highest BCUT2D eigenvalue weighted by Gasteiger charge is 2.28. The Morgan fingerprint density at radius 1 is 1.42 bits per heavy atom. The fraction of sp³-hybridized carbons (Fsp3) is 0.917. The van der Waals surface area contributed by atoms with Gasteiger partial charge in [-0.2, -0.15) is 0 Å². The van der Waals surface area contributed by atoms with Crippen LogP contribution in [-0.4, -0.2) is 51.3 Å². The third-order valence-electron chi connectivity index (χ3n) is 3.76. The van der Waals surface area contributed by atoms with Crippen molar-refractivity contribution in [3.8, 4) is 0 Å². The summed E-state index contributed by atoms with van der Waals surface area (Å²) in [5.74, 6) is 0.482. The first-order valence-electron chi connectivity index (χ1n) is 6.83. The number of carbonyl (C=O) groups excluding carboxylic acids is 1. The van der Waals surface area contributed by atoms with Crippen molar-refractivity contribution in [3.63, 3.8) is 0 Å². The minimum Gasteiger partial charge on any atom is -0.376 e. The van der Waals surface area contributed by atoms with E-state index in [1.807, 2.05) is 6.92 Å². The smallest absolute Gasteiger partial charge is 0.315 e. The van der Waals surface area contributed by atoms with E-state index < -0.39 is 9.84 Å². The van der Waals surface area contributed by atoms with Gasteiger partial charge >= 0.3 is 6.03 Å². The predicted molar refractivity (Wildman–Crippen MR) is 71.7 cm³/mol. The summed E-state index contributed by atoms with van der Waals surface area (Å²) in [4.78, 5) is 11.7. The molecule has 0 saturated carbocycles. The molecule has 2 N–H and O–H groups in total. The van der Waals surface area contributed by atoms with Crippen LogP contribution in [0.25, 0.3) is 0 Å². The fourth-order valence-electron chi connectivity index (χ4n) is 2.62. The number of rotatable bonds is 4. The summed E-state index contributed by atoms with van der Waals surface area (Å²) in [6.07, 6.45) is 2.75. The maximum absolute atomic E-state index is 11.7. The number of nitrogens with one attached hydrogen (secondary N) is 2. The largest absolute Gasteiger partial charge is 0.376 e. The number of hydrogen-bond donors (Lipinski definition) is 2. The molecule has 6 nitrogen and oxygen atoms in total. The summed E-state index contributed by atoms with van der Waals surface area (Å²) in [6, 6.07) is -0.262. The third-order valence-corrected chi connectivity index (χ3v) is 5.60. The lowest BCUT2D eigenvalue weighted by Gasteiger charge is -2.20. The van der Waals surface area contributed by atoms with Gasteiger partial charge in [0.1, 0.15) is 0 Å². The molecule has 19 heavy (non-hydrogen) atoms. The van der Waals surface area contributed by atoms with Crippen molar-refractivity contribution in [1.29, 1.82) is 0 Å². The zero-order valence-electron chi connectivity index (χ0n) is 11.2. The highest BCUT2D eigenvalue weighted by atomic mass is 32.2. The summed E-state index contributed by atoms with van der Waals surface area (Å²) in [6.45, 7) is 3.11. The second-order valence-electron chi connectivity index (χ2n) is 5.46. The van der Waals surface area contributed by atoms with Crippen LogP contribution in [-0.2, 0) is 14.6 Å². The van der Waals surface area contributed by atoms with Gasteiger partial charge in [-0.15, -0.1) is 0 Å². The minimum absolute atomic E-state index is 0.0187. The summed E-state index contributed by atoms with van der Waals surface area (Å²) >= 11 is 0. The standard InChI is InChI=1S/C12H22N2O4S/c1-9(11-3-2-5-18-11)14-12(15)13-7-10-4-6-19(16,17)8-10/h9-11H,2-8H2,1H3,(H2,13,14,15)/t9-,10-,11-/m0/s1. The van der Waals surface area contributed by atoms with Gasteiger partial charge in [-0.1, -0.05) is 0 Å². The molecule has 0 aromatic carbocycles. The molecule has 0 aromatic heterocycles. The Bertz CT molecular complexity index is 417. The van der Waals surface area contributed by atoms with Crippen LogP contribution in [0.4, 0.5) is 4.79 Å². The second-order valence-corrected chi connectivity index (χ2v) is 7.69. The van der Waals surface area contributed by atoms with Crippen molar-refractivity contribution in [2.24, 2.45) is 5.92 Å². The zero-order chi connectivity index (χ0) is 13.9. The molecule has 0 aliphatic carbocycles. The van der Waals surface area contributed by atoms with Crippen molar-refractivity contribution >= 4 is 15.9 Å². The first kappa shape index (κ1) is 14.6. The number of hydrogen-bond acceptors (Lipinski definition) is 4. The van der Waals surface area contributed by atoms with Crippen molar-refractivity contribution in [3.05, 3.63) is 0 Å². The van der Waals surface area contributed by atoms with Crippen molar-refractivity contribution in [1.82, 2.24) is 10.6 Å². The van der Waals surface area contributed by atoms with E-state index in [-0.39, 0.29) is 35.6 Å². The molecule has 0 bridgehead atoms. The SMILES string of the molecule is C[C@H](NC(=O)NC[C@@H]1CCS(=O)(=O)C1)[C@@H]1CCCO1. The van der Waals surface area contributed by atoms with Crippen molar-refractivity contribution in [2.75, 3.05) is 24.7 Å². The first-order chi connectivity index (χ1) is 8.96. The Balaban J connectivity index is 1.67. The van der Waals surface area contributed by atoms with E-state index in [0.717, 1.165) is 19.4 Å². The first-order valence-corrected chi connectivity index (χ1v) is 8.65. The summed E-state index contributed by atoms with van der Waals surface area (Å²) < 4.78 is 28.1. The zero-order valence-corrected chi connectivity index (χ0v) is 12.0. The molecule has 2 aliphatic heterocycles. The van der Waals surface area contributed by atoms with Gasteiger partial charge in [0.05, 0.1) is 23.7 Å². The van der Waals surface area contributed by atoms with E-state index in [0.29, 0.717) is 13.0 Å². The molecular weight excluding hydrogens is 268 g/mol. The maximum atomic E-state index is 11.7. The Morgan fingerprint density at radius 3 is 2.79 bits per heavy atom. The molecule has 0 unspecified atom stereocenters. The lowest BCUT2D eigenvalue weighted by Crippen LogP contribution is -2.47. The average Bonchev–Trinajstić information content (AvgIpc) is 2.95. The quantitative estimate of drug-likeness (QED) is 0.779. The predicted octanol–water partition coefficient (Wildman–Crippen LogP) is 0.288. The normalized spacial score (nSPS) is 31.0. The molecule has 0 spiro atoms. The molecule has 2 aliphatic rings. The van der Waals surface area contributed by atoms with Crippen LogP contribution in [0, 0.1) is 5.92 Å². The van der Waals surface area contributed by atoms with Crippen LogP contribution in [0.2, 0.25) is 0 Å². The van der Waals surface area contributed by atoms with E-state index in [1.165, 1.54) is 0 Å². The van der Waals surface area contributed by atoms with Gasteiger partial charge in [0, 0.05) is 13.2 Å². The van der Waals surface area contributed by atoms with Gasteiger partial charge in [-0.25, -0.2) is 13.2 Å². The number of amides is 2. The van der Waals surface area contributed by atoms with Crippen molar-refractivity contribution < 1.29 is 17.9 Å². The topological polar surface area (TPSA) is 84.5 Å². The van der Waals surface area contributed by atoms with Gasteiger partial charge in [0.15, 0.2) is 9.84 Å². The molecular formula is C12H22N2O4S. The van der Waals surface area contributed by atoms with Gasteiger partial charge in [0.25, 0.3) is 0 Å². The lowest BCUT2D eigenvalue weighted by atomic mass is 10.1. The Morgan fingerprint density at radius 2 is 2.21 bits per heavy atom. The fourth-order valence-corrected chi connectivity index (χ4v) is 4.48. The van der Waals surface area contributed by atoms with Crippen LogP contribution in [0.3, 0.4) is 0 Å². The van der Waals surface area contributed by atoms with E-state index in [9.17, 15) is 13.2 Å². The van der Waals surface area contributed by atoms with E-state index in [1.54, 1.807) is 0 Å². The van der Waals surface area contributed by atoms with E-state index in [2.05, 4.69) is 10.6 Å². The minimum atomic E-state index is -2.87.